The van der Waals surface area contributed by atoms with Crippen LogP contribution in [-0.4, -0.2) is 0 Å². The van der Waals surface area contributed by atoms with Crippen molar-refractivity contribution in [3.05, 3.63) is 16.0 Å². The molecule has 16 heavy (non-hydrogen) atoms. The van der Waals surface area contributed by atoms with Gasteiger partial charge < -0.3 is 5.73 Å². The Morgan fingerprint density at radius 1 is 1.56 bits per heavy atom. The summed E-state index contributed by atoms with van der Waals surface area (Å²) in [6.45, 7) is 3.73. The summed E-state index contributed by atoms with van der Waals surface area (Å²) in [5, 5.41) is 9.56. The molecule has 1 aromatic heterocycles. The molecule has 0 aliphatic heterocycles. The van der Waals surface area contributed by atoms with Crippen molar-refractivity contribution in [1.82, 2.24) is 0 Å². The number of alkyl halides is 1. The molecule has 1 aliphatic carbocycles. The highest BCUT2D eigenvalue weighted by atomic mass is 32.1. The highest BCUT2D eigenvalue weighted by molar-refractivity contribution is 7.16. The molecule has 0 radical (unpaired) electrons. The molecule has 1 aliphatic rings. The first kappa shape index (κ1) is 11.4. The lowest BCUT2D eigenvalue weighted by atomic mass is 9.76. The summed E-state index contributed by atoms with van der Waals surface area (Å²) in [6, 6.07) is 2.06. The van der Waals surface area contributed by atoms with Crippen LogP contribution in [0.25, 0.3) is 0 Å². The Labute approximate surface area is 98.9 Å². The van der Waals surface area contributed by atoms with Gasteiger partial charge >= 0.3 is 0 Å². The molecule has 0 saturated heterocycles. The lowest BCUT2D eigenvalue weighted by Crippen LogP contribution is -2.31. The quantitative estimate of drug-likeness (QED) is 0.815. The van der Waals surface area contributed by atoms with Crippen molar-refractivity contribution in [2.45, 2.75) is 38.8 Å². The average Bonchev–Trinajstić information content (AvgIpc) is 2.55. The fraction of sp³-hybridized carbons (Fsp3) is 0.583. The maximum absolute atomic E-state index is 14.9. The van der Waals surface area contributed by atoms with Crippen LogP contribution >= 0.6 is 11.3 Å². The molecular formula is C12H15FN2S. The number of nitrogens with zero attached hydrogens (tertiary/aromatic N) is 1. The minimum Gasteiger partial charge on any atom is -0.389 e. The maximum Gasteiger partial charge on any atom is 0.140 e. The van der Waals surface area contributed by atoms with E-state index in [4.69, 9.17) is 11.0 Å². The molecule has 0 bridgehead atoms. The Balaban J connectivity index is 2.66. The second-order valence-electron chi connectivity index (χ2n) is 4.62. The zero-order chi connectivity index (χ0) is 11.9. The van der Waals surface area contributed by atoms with Crippen LogP contribution in [0, 0.1) is 17.2 Å². The van der Waals surface area contributed by atoms with Crippen molar-refractivity contribution in [1.29, 1.82) is 5.26 Å². The molecule has 2 N–H and O–H groups in total. The van der Waals surface area contributed by atoms with Crippen molar-refractivity contribution >= 4 is 16.3 Å². The van der Waals surface area contributed by atoms with Gasteiger partial charge in [-0.05, 0) is 25.2 Å². The van der Waals surface area contributed by atoms with Gasteiger partial charge in [-0.1, -0.05) is 13.8 Å². The van der Waals surface area contributed by atoms with E-state index in [0.717, 1.165) is 17.7 Å². The van der Waals surface area contributed by atoms with Crippen LogP contribution in [0.2, 0.25) is 0 Å². The molecular weight excluding hydrogens is 223 g/mol. The summed E-state index contributed by atoms with van der Waals surface area (Å²) in [4.78, 5) is 0.969. The van der Waals surface area contributed by atoms with E-state index in [2.05, 4.69) is 6.07 Å². The van der Waals surface area contributed by atoms with E-state index >= 15 is 0 Å². The SMILES string of the molecule is CC(C)C1(F)CCCc2sc(N)c(C#N)c21. The minimum atomic E-state index is -1.37. The molecule has 1 heterocycles. The van der Waals surface area contributed by atoms with Crippen molar-refractivity contribution in [3.63, 3.8) is 0 Å². The number of thiophene rings is 1. The Bertz CT molecular complexity index is 458. The number of anilines is 1. The van der Waals surface area contributed by atoms with Gasteiger partial charge in [0, 0.05) is 10.4 Å². The maximum atomic E-state index is 14.9. The Morgan fingerprint density at radius 3 is 2.81 bits per heavy atom. The van der Waals surface area contributed by atoms with Gasteiger partial charge in [-0.3, -0.25) is 0 Å². The van der Waals surface area contributed by atoms with E-state index in [1.165, 1.54) is 11.3 Å². The number of aryl methyl sites for hydroxylation is 1. The topological polar surface area (TPSA) is 49.8 Å². The number of fused-ring (bicyclic) bond motifs is 1. The lowest BCUT2D eigenvalue weighted by Gasteiger charge is -2.33. The smallest absolute Gasteiger partial charge is 0.140 e. The number of nitrogen functional groups attached to an aromatic ring is 1. The third-order valence-corrected chi connectivity index (χ3v) is 4.47. The number of hydrogen-bond donors (Lipinski definition) is 1. The van der Waals surface area contributed by atoms with Gasteiger partial charge in [-0.15, -0.1) is 11.3 Å². The first-order valence-electron chi connectivity index (χ1n) is 5.51. The molecule has 1 unspecified atom stereocenters. The molecule has 2 rings (SSSR count). The third-order valence-electron chi connectivity index (χ3n) is 3.40. The number of rotatable bonds is 1. The fourth-order valence-electron chi connectivity index (χ4n) is 2.43. The second-order valence-corrected chi connectivity index (χ2v) is 5.76. The highest BCUT2D eigenvalue weighted by Crippen LogP contribution is 2.49. The Hall–Kier alpha value is -1.08. The van der Waals surface area contributed by atoms with E-state index in [1.807, 2.05) is 13.8 Å². The Morgan fingerprint density at radius 2 is 2.25 bits per heavy atom. The van der Waals surface area contributed by atoms with Crippen LogP contribution in [-0.2, 0) is 12.1 Å². The average molecular weight is 238 g/mol. The van der Waals surface area contributed by atoms with E-state index in [9.17, 15) is 4.39 Å². The number of nitrogens with two attached hydrogens (primary N) is 1. The normalized spacial score (nSPS) is 24.2. The Kier molecular flexibility index (Phi) is 2.67. The molecule has 0 aromatic carbocycles. The fourth-order valence-corrected chi connectivity index (χ4v) is 3.57. The second kappa shape index (κ2) is 3.74. The molecule has 4 heteroatoms. The molecule has 1 atom stereocenters. The summed E-state index contributed by atoms with van der Waals surface area (Å²) in [5.41, 5.74) is 5.37. The molecule has 0 saturated carbocycles. The molecule has 0 amide bonds. The number of hydrogen-bond acceptors (Lipinski definition) is 3. The molecule has 86 valence electrons. The standard InChI is InChI=1S/C12H15FN2S/c1-7(2)12(13)5-3-4-9-10(12)8(6-14)11(15)16-9/h7H,3-5,15H2,1-2H3. The van der Waals surface area contributed by atoms with Gasteiger partial charge in [0.2, 0.25) is 0 Å². The van der Waals surface area contributed by atoms with Crippen LogP contribution in [0.4, 0.5) is 9.39 Å². The summed E-state index contributed by atoms with van der Waals surface area (Å²) < 4.78 is 14.9. The van der Waals surface area contributed by atoms with Crippen LogP contribution in [0.15, 0.2) is 0 Å². The van der Waals surface area contributed by atoms with Crippen LogP contribution < -0.4 is 5.73 Å². The van der Waals surface area contributed by atoms with E-state index in [1.54, 1.807) is 0 Å². The van der Waals surface area contributed by atoms with Gasteiger partial charge in [0.1, 0.15) is 16.7 Å². The zero-order valence-corrected chi connectivity index (χ0v) is 10.3. The molecule has 2 nitrogen and oxygen atoms in total. The number of nitriles is 1. The first-order chi connectivity index (χ1) is 7.50. The van der Waals surface area contributed by atoms with Crippen molar-refractivity contribution in [2.75, 3.05) is 5.73 Å². The molecule has 0 fully saturated rings. The summed E-state index contributed by atoms with van der Waals surface area (Å²) in [6.07, 6.45) is 2.19. The van der Waals surface area contributed by atoms with E-state index in [0.29, 0.717) is 22.5 Å². The first-order valence-corrected chi connectivity index (χ1v) is 6.33. The molecule has 0 spiro atoms. The van der Waals surface area contributed by atoms with Crippen molar-refractivity contribution in [2.24, 2.45) is 5.92 Å². The van der Waals surface area contributed by atoms with Crippen LogP contribution in [0.3, 0.4) is 0 Å². The van der Waals surface area contributed by atoms with Gasteiger partial charge in [-0.25, -0.2) is 4.39 Å². The summed E-state index contributed by atoms with van der Waals surface area (Å²) in [5.74, 6) is -0.118. The largest absolute Gasteiger partial charge is 0.389 e. The monoisotopic (exact) mass is 238 g/mol. The number of halogens is 1. The predicted molar refractivity (Wildman–Crippen MR) is 64.0 cm³/mol. The summed E-state index contributed by atoms with van der Waals surface area (Å²) >= 11 is 1.38. The van der Waals surface area contributed by atoms with E-state index < -0.39 is 5.67 Å². The van der Waals surface area contributed by atoms with Crippen LogP contribution in [0.5, 0.6) is 0 Å². The minimum absolute atomic E-state index is 0.118. The van der Waals surface area contributed by atoms with Gasteiger partial charge in [0.25, 0.3) is 0 Å². The van der Waals surface area contributed by atoms with Crippen LogP contribution in [0.1, 0.15) is 42.7 Å². The van der Waals surface area contributed by atoms with Crippen molar-refractivity contribution in [3.8, 4) is 6.07 Å². The zero-order valence-electron chi connectivity index (χ0n) is 9.51. The molecule has 1 aromatic rings. The van der Waals surface area contributed by atoms with Crippen molar-refractivity contribution < 1.29 is 4.39 Å². The van der Waals surface area contributed by atoms with Gasteiger partial charge in [0.05, 0.1) is 5.56 Å². The van der Waals surface area contributed by atoms with Gasteiger partial charge in [0.15, 0.2) is 0 Å². The predicted octanol–water partition coefficient (Wildman–Crippen LogP) is 3.36. The van der Waals surface area contributed by atoms with Gasteiger partial charge in [-0.2, -0.15) is 5.26 Å². The lowest BCUT2D eigenvalue weighted by molar-refractivity contribution is 0.0770. The summed E-state index contributed by atoms with van der Waals surface area (Å²) in [7, 11) is 0. The third kappa shape index (κ3) is 1.42. The van der Waals surface area contributed by atoms with E-state index in [-0.39, 0.29) is 5.92 Å². The highest BCUT2D eigenvalue weighted by Gasteiger charge is 2.43.